The number of carbonyl (C=O) groups is 2. The van der Waals surface area contributed by atoms with Gasteiger partial charge < -0.3 is 19.9 Å². The monoisotopic (exact) mass is 488 g/mol. The lowest BCUT2D eigenvalue weighted by Crippen LogP contribution is -2.51. The van der Waals surface area contributed by atoms with Crippen molar-refractivity contribution in [2.45, 2.75) is 6.61 Å². The van der Waals surface area contributed by atoms with Crippen LogP contribution in [0.4, 0.5) is 5.69 Å². The molecule has 0 bridgehead atoms. The SMILES string of the molecule is N#Cc1ccccc1COc1cccc(C(=O)NCC(=O)N2CCN(c3cccc(Cl)c3)CC2)c1. The first-order valence-electron chi connectivity index (χ1n) is 11.3. The van der Waals surface area contributed by atoms with Gasteiger partial charge in [0.25, 0.3) is 5.91 Å². The average Bonchev–Trinajstić information content (AvgIpc) is 2.90. The number of anilines is 1. The lowest BCUT2D eigenvalue weighted by molar-refractivity contribution is -0.130. The average molecular weight is 489 g/mol. The van der Waals surface area contributed by atoms with Gasteiger partial charge >= 0.3 is 0 Å². The molecule has 7 nitrogen and oxygen atoms in total. The van der Waals surface area contributed by atoms with E-state index >= 15 is 0 Å². The molecule has 35 heavy (non-hydrogen) atoms. The molecule has 3 aromatic carbocycles. The van der Waals surface area contributed by atoms with Gasteiger partial charge in [0.2, 0.25) is 5.91 Å². The number of nitrogens with one attached hydrogen (secondary N) is 1. The van der Waals surface area contributed by atoms with Crippen LogP contribution in [-0.4, -0.2) is 49.4 Å². The van der Waals surface area contributed by atoms with E-state index in [0.29, 0.717) is 48.1 Å². The van der Waals surface area contributed by atoms with Crippen molar-refractivity contribution in [3.8, 4) is 11.8 Å². The first-order valence-corrected chi connectivity index (χ1v) is 11.7. The standard InChI is InChI=1S/C27H25ClN4O3/c28-23-8-4-9-24(16-23)31-11-13-32(14-12-31)26(33)18-30-27(34)20-7-3-10-25(15-20)35-19-22-6-2-1-5-21(22)17-29/h1-10,15-16H,11-14,18-19H2,(H,30,34). The molecule has 0 radical (unpaired) electrons. The van der Waals surface area contributed by atoms with Crippen molar-refractivity contribution in [1.29, 1.82) is 5.26 Å². The third-order valence-corrected chi connectivity index (χ3v) is 6.07. The number of carbonyl (C=O) groups excluding carboxylic acids is 2. The number of halogens is 1. The fourth-order valence-corrected chi connectivity index (χ4v) is 4.08. The molecule has 0 aliphatic carbocycles. The molecule has 8 heteroatoms. The fourth-order valence-electron chi connectivity index (χ4n) is 3.90. The van der Waals surface area contributed by atoms with Gasteiger partial charge in [-0.1, -0.05) is 41.9 Å². The van der Waals surface area contributed by atoms with Crippen LogP contribution >= 0.6 is 11.6 Å². The summed E-state index contributed by atoms with van der Waals surface area (Å²) in [6.45, 7) is 2.71. The van der Waals surface area contributed by atoms with Crippen molar-refractivity contribution in [2.24, 2.45) is 0 Å². The molecule has 178 valence electrons. The number of ether oxygens (including phenoxy) is 1. The number of rotatable bonds is 7. The molecule has 3 aromatic rings. The molecule has 1 heterocycles. The van der Waals surface area contributed by atoms with Crippen LogP contribution in [0.2, 0.25) is 5.02 Å². The van der Waals surface area contributed by atoms with E-state index in [1.807, 2.05) is 36.4 Å². The lowest BCUT2D eigenvalue weighted by Gasteiger charge is -2.36. The predicted octanol–water partition coefficient (Wildman–Crippen LogP) is 3.87. The van der Waals surface area contributed by atoms with Crippen LogP contribution in [0.15, 0.2) is 72.8 Å². The third-order valence-electron chi connectivity index (χ3n) is 5.83. The number of nitriles is 1. The molecule has 0 saturated carbocycles. The molecular weight excluding hydrogens is 464 g/mol. The summed E-state index contributed by atoms with van der Waals surface area (Å²) >= 11 is 6.08. The minimum absolute atomic E-state index is 0.0728. The van der Waals surface area contributed by atoms with Crippen LogP contribution in [0.3, 0.4) is 0 Å². The Bertz CT molecular complexity index is 1250. The first kappa shape index (κ1) is 24.1. The fraction of sp³-hybridized carbons (Fsp3) is 0.222. The van der Waals surface area contributed by atoms with Crippen molar-refractivity contribution in [3.63, 3.8) is 0 Å². The number of nitrogens with zero attached hydrogens (tertiary/aromatic N) is 3. The topological polar surface area (TPSA) is 85.7 Å². The molecule has 0 aromatic heterocycles. The van der Waals surface area contributed by atoms with Crippen LogP contribution in [0.1, 0.15) is 21.5 Å². The summed E-state index contributed by atoms with van der Waals surface area (Å²) in [6, 6.07) is 23.8. The van der Waals surface area contributed by atoms with Gasteiger partial charge in [0.05, 0.1) is 18.2 Å². The Morgan fingerprint density at radius 1 is 0.971 bits per heavy atom. The van der Waals surface area contributed by atoms with Gasteiger partial charge in [0.1, 0.15) is 12.4 Å². The Hall–Kier alpha value is -4.02. The number of hydrogen-bond donors (Lipinski definition) is 1. The summed E-state index contributed by atoms with van der Waals surface area (Å²) in [5, 5.41) is 12.6. The molecule has 0 spiro atoms. The maximum Gasteiger partial charge on any atom is 0.251 e. The Kier molecular flexibility index (Phi) is 7.86. The summed E-state index contributed by atoms with van der Waals surface area (Å²) in [5.74, 6) is 0.0391. The van der Waals surface area contributed by atoms with Crippen LogP contribution in [0, 0.1) is 11.3 Å². The summed E-state index contributed by atoms with van der Waals surface area (Å²) in [5.41, 5.74) is 2.75. The maximum absolute atomic E-state index is 12.6. The molecule has 0 atom stereocenters. The Balaban J connectivity index is 1.26. The zero-order valence-electron chi connectivity index (χ0n) is 19.1. The van der Waals surface area contributed by atoms with Crippen LogP contribution in [0.25, 0.3) is 0 Å². The Morgan fingerprint density at radius 2 is 1.74 bits per heavy atom. The van der Waals surface area contributed by atoms with E-state index in [1.165, 1.54) is 0 Å². The zero-order chi connectivity index (χ0) is 24.6. The summed E-state index contributed by atoms with van der Waals surface area (Å²) in [4.78, 5) is 29.2. The normalized spacial score (nSPS) is 13.1. The van der Waals surface area contributed by atoms with Gasteiger partial charge in [0, 0.05) is 48.0 Å². The summed E-state index contributed by atoms with van der Waals surface area (Å²) in [6.07, 6.45) is 0. The predicted molar refractivity (Wildman–Crippen MR) is 135 cm³/mol. The van der Waals surface area contributed by atoms with E-state index in [4.69, 9.17) is 16.3 Å². The van der Waals surface area contributed by atoms with E-state index in [9.17, 15) is 14.9 Å². The van der Waals surface area contributed by atoms with Crippen molar-refractivity contribution >= 4 is 29.1 Å². The number of hydrogen-bond acceptors (Lipinski definition) is 5. The molecule has 1 aliphatic rings. The highest BCUT2D eigenvalue weighted by atomic mass is 35.5. The molecule has 2 amide bonds. The lowest BCUT2D eigenvalue weighted by atomic mass is 10.1. The quantitative estimate of drug-likeness (QED) is 0.545. The highest BCUT2D eigenvalue weighted by Gasteiger charge is 2.22. The second-order valence-electron chi connectivity index (χ2n) is 8.12. The first-order chi connectivity index (χ1) is 17.0. The van der Waals surface area contributed by atoms with Crippen LogP contribution < -0.4 is 15.0 Å². The molecule has 1 saturated heterocycles. The smallest absolute Gasteiger partial charge is 0.251 e. The van der Waals surface area contributed by atoms with E-state index in [0.717, 1.165) is 11.3 Å². The summed E-state index contributed by atoms with van der Waals surface area (Å²) < 4.78 is 5.78. The Labute approximate surface area is 209 Å². The molecule has 1 fully saturated rings. The van der Waals surface area contributed by atoms with Gasteiger partial charge in [-0.25, -0.2) is 0 Å². The maximum atomic E-state index is 12.6. The van der Waals surface area contributed by atoms with Crippen molar-refractivity contribution < 1.29 is 14.3 Å². The van der Waals surface area contributed by atoms with Gasteiger partial charge in [-0.15, -0.1) is 0 Å². The number of amides is 2. The Morgan fingerprint density at radius 3 is 2.51 bits per heavy atom. The van der Waals surface area contributed by atoms with Crippen LogP contribution in [0.5, 0.6) is 5.75 Å². The third kappa shape index (κ3) is 6.31. The van der Waals surface area contributed by atoms with Crippen molar-refractivity contribution in [1.82, 2.24) is 10.2 Å². The van der Waals surface area contributed by atoms with E-state index < -0.39 is 0 Å². The zero-order valence-corrected chi connectivity index (χ0v) is 19.9. The van der Waals surface area contributed by atoms with Gasteiger partial charge in [-0.2, -0.15) is 5.26 Å². The van der Waals surface area contributed by atoms with E-state index in [-0.39, 0.29) is 25.0 Å². The molecule has 0 unspecified atom stereocenters. The van der Waals surface area contributed by atoms with Crippen molar-refractivity contribution in [2.75, 3.05) is 37.6 Å². The van der Waals surface area contributed by atoms with Gasteiger partial charge in [0.15, 0.2) is 0 Å². The minimum Gasteiger partial charge on any atom is -0.489 e. The van der Waals surface area contributed by atoms with Crippen LogP contribution in [-0.2, 0) is 11.4 Å². The van der Waals surface area contributed by atoms with E-state index in [1.54, 1.807) is 41.3 Å². The largest absolute Gasteiger partial charge is 0.489 e. The number of benzene rings is 3. The second kappa shape index (κ2) is 11.4. The van der Waals surface area contributed by atoms with Gasteiger partial charge in [-0.3, -0.25) is 9.59 Å². The highest BCUT2D eigenvalue weighted by Crippen LogP contribution is 2.21. The molecular formula is C27H25ClN4O3. The summed E-state index contributed by atoms with van der Waals surface area (Å²) in [7, 11) is 0. The second-order valence-corrected chi connectivity index (χ2v) is 8.55. The molecule has 4 rings (SSSR count). The molecule has 1 aliphatic heterocycles. The minimum atomic E-state index is -0.348. The van der Waals surface area contributed by atoms with E-state index in [2.05, 4.69) is 16.3 Å². The molecule has 1 N–H and O–H groups in total. The number of piperazine rings is 1. The highest BCUT2D eigenvalue weighted by molar-refractivity contribution is 6.30. The van der Waals surface area contributed by atoms with Gasteiger partial charge in [-0.05, 0) is 42.5 Å². The van der Waals surface area contributed by atoms with Crippen molar-refractivity contribution in [3.05, 3.63) is 94.5 Å².